The molecule has 1 aliphatic heterocycles. The summed E-state index contributed by atoms with van der Waals surface area (Å²) in [5, 5.41) is 4.27. The second kappa shape index (κ2) is 10.8. The molecule has 3 aromatic carbocycles. The number of ketones is 1. The first-order chi connectivity index (χ1) is 18.8. The van der Waals surface area contributed by atoms with Crippen LogP contribution < -0.4 is 0 Å². The van der Waals surface area contributed by atoms with E-state index in [0.29, 0.717) is 25.1 Å². The monoisotopic (exact) mass is 520 g/mol. The van der Waals surface area contributed by atoms with Gasteiger partial charge in [0.15, 0.2) is 11.6 Å². The molecule has 198 valence electrons. The van der Waals surface area contributed by atoms with Gasteiger partial charge in [-0.25, -0.2) is 9.78 Å². The van der Waals surface area contributed by atoms with Crippen LogP contribution in [0, 0.1) is 0 Å². The second-order valence-electron chi connectivity index (χ2n) is 10.6. The predicted octanol–water partition coefficient (Wildman–Crippen LogP) is 5.71. The van der Waals surface area contributed by atoms with Crippen LogP contribution in [0.5, 0.6) is 0 Å². The van der Waals surface area contributed by atoms with Crippen LogP contribution >= 0.6 is 0 Å². The van der Waals surface area contributed by atoms with Crippen molar-refractivity contribution in [2.24, 2.45) is 0 Å². The Morgan fingerprint density at radius 3 is 1.85 bits per heavy atom. The van der Waals surface area contributed by atoms with Crippen molar-refractivity contribution in [1.82, 2.24) is 19.7 Å². The minimum Gasteiger partial charge on any atom is -0.442 e. The number of aromatic nitrogens is 3. The fraction of sp³-hybridized carbons (Fsp3) is 0.250. The summed E-state index contributed by atoms with van der Waals surface area (Å²) in [5.41, 5.74) is 2.65. The van der Waals surface area contributed by atoms with Crippen LogP contribution in [0.1, 0.15) is 49.7 Å². The Hall–Kier alpha value is -4.36. The third kappa shape index (κ3) is 5.45. The summed E-state index contributed by atoms with van der Waals surface area (Å²) in [6.45, 7) is 6.34. The van der Waals surface area contributed by atoms with E-state index in [1.807, 2.05) is 18.2 Å². The highest BCUT2D eigenvalue weighted by molar-refractivity contribution is 6.00. The molecule has 4 aromatic rings. The smallest absolute Gasteiger partial charge is 0.436 e. The molecule has 7 heteroatoms. The topological polar surface area (TPSA) is 77.3 Å². The first-order valence-electron chi connectivity index (χ1n) is 13.1. The number of carbonyl (C=O) groups is 2. The quantitative estimate of drug-likeness (QED) is 0.248. The zero-order valence-corrected chi connectivity index (χ0v) is 22.4. The Balaban J connectivity index is 1.58. The minimum absolute atomic E-state index is 0.0444. The molecule has 1 aromatic heterocycles. The summed E-state index contributed by atoms with van der Waals surface area (Å²) in [6, 6.07) is 31.2. The van der Waals surface area contributed by atoms with Crippen LogP contribution in [0.15, 0.2) is 103 Å². The van der Waals surface area contributed by atoms with E-state index >= 15 is 0 Å². The molecule has 0 spiro atoms. The molecular formula is C32H32N4O3. The van der Waals surface area contributed by atoms with Crippen molar-refractivity contribution in [3.05, 3.63) is 125 Å². The molecule has 2 heterocycles. The van der Waals surface area contributed by atoms with Gasteiger partial charge in [-0.3, -0.25) is 9.69 Å². The number of Topliss-reactive ketones (excluding diaryl/α,β-unsaturated/α-hetero) is 1. The van der Waals surface area contributed by atoms with Crippen molar-refractivity contribution < 1.29 is 14.3 Å². The van der Waals surface area contributed by atoms with Gasteiger partial charge in [0.1, 0.15) is 11.9 Å². The van der Waals surface area contributed by atoms with Crippen molar-refractivity contribution >= 4 is 18.0 Å². The van der Waals surface area contributed by atoms with Gasteiger partial charge >= 0.3 is 6.09 Å². The van der Waals surface area contributed by atoms with Crippen LogP contribution in [0.3, 0.4) is 0 Å². The molecule has 0 amide bonds. The molecule has 1 aliphatic rings. The lowest BCUT2D eigenvalue weighted by Crippen LogP contribution is -2.52. The normalized spacial score (nSPS) is 15.9. The number of piperidine rings is 1. The average molecular weight is 521 g/mol. The van der Waals surface area contributed by atoms with E-state index in [0.717, 1.165) is 21.4 Å². The standard InChI is InChI=1S/C32H32N4O3/c1-31(2,3)39-30(38)36-23-33-29(34-36)21-24-22-35(20-19-28(24)37)32(25-13-7-4-8-14-25,26-15-9-5-10-16-26)27-17-11-6-12-18-27/h4-18,21,23H,19-20,22H2,1-3H3. The lowest BCUT2D eigenvalue weighted by molar-refractivity contribution is -0.117. The summed E-state index contributed by atoms with van der Waals surface area (Å²) >= 11 is 0. The molecular weight excluding hydrogens is 488 g/mol. The van der Waals surface area contributed by atoms with Gasteiger partial charge in [0.25, 0.3) is 0 Å². The number of rotatable bonds is 5. The van der Waals surface area contributed by atoms with Gasteiger partial charge in [-0.05, 0) is 43.5 Å². The lowest BCUT2D eigenvalue weighted by atomic mass is 9.74. The summed E-state index contributed by atoms with van der Waals surface area (Å²) in [6.07, 6.45) is 2.73. The number of likely N-dealkylation sites (tertiary alicyclic amines) is 1. The molecule has 0 atom stereocenters. The van der Waals surface area contributed by atoms with Crippen molar-refractivity contribution in [3.63, 3.8) is 0 Å². The highest BCUT2D eigenvalue weighted by Gasteiger charge is 2.44. The molecule has 39 heavy (non-hydrogen) atoms. The van der Waals surface area contributed by atoms with Gasteiger partial charge in [-0.15, -0.1) is 5.10 Å². The molecule has 0 saturated carbocycles. The largest absolute Gasteiger partial charge is 0.442 e. The summed E-state index contributed by atoms with van der Waals surface area (Å²) in [4.78, 5) is 32.2. The maximum absolute atomic E-state index is 13.2. The SMILES string of the molecule is CC(C)(C)OC(=O)n1cnc(C=C2CN(C(c3ccccc3)(c3ccccc3)c3ccccc3)CCC2=O)n1. The molecule has 0 aliphatic carbocycles. The van der Waals surface area contributed by atoms with Crippen LogP contribution in [-0.2, 0) is 15.1 Å². The van der Waals surface area contributed by atoms with Gasteiger partial charge in [0.2, 0.25) is 0 Å². The Morgan fingerprint density at radius 2 is 1.36 bits per heavy atom. The molecule has 1 fully saturated rings. The minimum atomic E-state index is -0.656. The molecule has 0 N–H and O–H groups in total. The Bertz CT molecular complexity index is 1380. The van der Waals surface area contributed by atoms with Gasteiger partial charge < -0.3 is 4.74 Å². The first kappa shape index (κ1) is 26.3. The van der Waals surface area contributed by atoms with E-state index in [9.17, 15) is 9.59 Å². The fourth-order valence-electron chi connectivity index (χ4n) is 5.16. The van der Waals surface area contributed by atoms with E-state index in [1.165, 1.54) is 6.33 Å². The highest BCUT2D eigenvalue weighted by Crippen LogP contribution is 2.43. The zero-order chi connectivity index (χ0) is 27.5. The number of benzene rings is 3. The van der Waals surface area contributed by atoms with Gasteiger partial charge in [0.05, 0.1) is 5.54 Å². The third-order valence-corrected chi connectivity index (χ3v) is 6.77. The molecule has 0 bridgehead atoms. The van der Waals surface area contributed by atoms with Crippen LogP contribution in [0.2, 0.25) is 0 Å². The number of nitrogens with zero attached hydrogens (tertiary/aromatic N) is 4. The number of hydrogen-bond donors (Lipinski definition) is 0. The number of hydrogen-bond acceptors (Lipinski definition) is 6. The first-order valence-corrected chi connectivity index (χ1v) is 13.1. The van der Waals surface area contributed by atoms with Gasteiger partial charge in [0, 0.05) is 25.1 Å². The predicted molar refractivity (Wildman–Crippen MR) is 150 cm³/mol. The van der Waals surface area contributed by atoms with Crippen LogP contribution in [-0.4, -0.2) is 50.2 Å². The van der Waals surface area contributed by atoms with Crippen molar-refractivity contribution in [2.45, 2.75) is 38.3 Å². The average Bonchev–Trinajstić information content (AvgIpc) is 3.41. The maximum atomic E-state index is 13.2. The van der Waals surface area contributed by atoms with Gasteiger partial charge in [-0.1, -0.05) is 91.0 Å². The van der Waals surface area contributed by atoms with E-state index in [1.54, 1.807) is 26.8 Å². The van der Waals surface area contributed by atoms with Crippen molar-refractivity contribution in [2.75, 3.05) is 13.1 Å². The lowest BCUT2D eigenvalue weighted by Gasteiger charge is -2.47. The molecule has 1 saturated heterocycles. The number of carbonyl (C=O) groups excluding carboxylic acids is 2. The van der Waals surface area contributed by atoms with Crippen molar-refractivity contribution in [3.8, 4) is 0 Å². The molecule has 0 radical (unpaired) electrons. The molecule has 7 nitrogen and oxygen atoms in total. The van der Waals surface area contributed by atoms with Crippen LogP contribution in [0.4, 0.5) is 4.79 Å². The highest BCUT2D eigenvalue weighted by atomic mass is 16.6. The molecule has 0 unspecified atom stereocenters. The zero-order valence-electron chi connectivity index (χ0n) is 22.4. The van der Waals surface area contributed by atoms with Crippen molar-refractivity contribution in [1.29, 1.82) is 0 Å². The van der Waals surface area contributed by atoms with E-state index in [4.69, 9.17) is 4.74 Å². The molecule has 5 rings (SSSR count). The second-order valence-corrected chi connectivity index (χ2v) is 10.6. The summed E-state index contributed by atoms with van der Waals surface area (Å²) in [7, 11) is 0. The summed E-state index contributed by atoms with van der Waals surface area (Å²) < 4.78 is 6.44. The Morgan fingerprint density at radius 1 is 0.846 bits per heavy atom. The van der Waals surface area contributed by atoms with E-state index < -0.39 is 17.2 Å². The maximum Gasteiger partial charge on any atom is 0.436 e. The summed E-state index contributed by atoms with van der Waals surface area (Å²) in [5.74, 6) is 0.332. The Labute approximate surface area is 228 Å². The fourth-order valence-corrected chi connectivity index (χ4v) is 5.16. The number of ether oxygens (including phenoxy) is 1. The van der Waals surface area contributed by atoms with Crippen LogP contribution in [0.25, 0.3) is 6.08 Å². The van der Waals surface area contributed by atoms with Gasteiger partial charge in [-0.2, -0.15) is 4.68 Å². The van der Waals surface area contributed by atoms with E-state index in [-0.39, 0.29) is 11.6 Å². The Kier molecular flexibility index (Phi) is 7.26. The van der Waals surface area contributed by atoms with E-state index in [2.05, 4.69) is 87.8 Å². The third-order valence-electron chi connectivity index (χ3n) is 6.77.